The minimum absolute atomic E-state index is 0.252. The number of ether oxygens (including phenoxy) is 1. The summed E-state index contributed by atoms with van der Waals surface area (Å²) in [5, 5.41) is 34.7. The number of rotatable bonds is 5. The summed E-state index contributed by atoms with van der Waals surface area (Å²) in [5.74, 6) is 2.10. The molecule has 3 heterocycles. The number of nitrogens with one attached hydrogen (secondary N) is 1. The number of nitrogens with zero attached hydrogens (tertiary/aromatic N) is 4. The molecule has 2 saturated heterocycles. The summed E-state index contributed by atoms with van der Waals surface area (Å²) >= 11 is 6.27. The molecule has 3 aromatic rings. The molecule has 1 aromatic heterocycles. The van der Waals surface area contributed by atoms with Crippen LogP contribution in [0.25, 0.3) is 10.8 Å². The van der Waals surface area contributed by atoms with Gasteiger partial charge in [-0.2, -0.15) is 5.26 Å². The van der Waals surface area contributed by atoms with E-state index in [4.69, 9.17) is 16.3 Å². The zero-order chi connectivity index (χ0) is 22.9. The van der Waals surface area contributed by atoms with Gasteiger partial charge in [-0.05, 0) is 68.0 Å². The third-order valence-electron chi connectivity index (χ3n) is 6.76. The fourth-order valence-corrected chi connectivity index (χ4v) is 5.52. The fraction of sp³-hybridized carbons (Fsp3) is 0.400. The normalized spacial score (nSPS) is 22.1. The van der Waals surface area contributed by atoms with Gasteiger partial charge in [-0.1, -0.05) is 17.7 Å². The Bertz CT molecular complexity index is 1210. The van der Waals surface area contributed by atoms with E-state index in [1.165, 1.54) is 6.42 Å². The van der Waals surface area contributed by atoms with E-state index in [0.29, 0.717) is 28.7 Å². The van der Waals surface area contributed by atoms with Crippen LogP contribution in [0.2, 0.25) is 5.02 Å². The van der Waals surface area contributed by atoms with Crippen LogP contribution in [0.1, 0.15) is 43.2 Å². The number of aliphatic hydroxyl groups is 1. The summed E-state index contributed by atoms with van der Waals surface area (Å²) in [7, 11) is 1.59. The van der Waals surface area contributed by atoms with Crippen molar-refractivity contribution in [1.82, 2.24) is 10.2 Å². The Morgan fingerprint density at radius 1 is 1.15 bits per heavy atom. The molecular weight excluding hydrogens is 438 g/mol. The Hall–Kier alpha value is -3.08. The number of nitriles is 1. The smallest absolute Gasteiger partial charge is 0.159 e. The second-order valence-electron chi connectivity index (χ2n) is 8.84. The molecule has 0 aliphatic carbocycles. The summed E-state index contributed by atoms with van der Waals surface area (Å²) in [6.45, 7) is 0.505. The maximum absolute atomic E-state index is 10.3. The summed E-state index contributed by atoms with van der Waals surface area (Å²) < 4.78 is 5.23. The van der Waals surface area contributed by atoms with Gasteiger partial charge < -0.3 is 20.1 Å². The van der Waals surface area contributed by atoms with E-state index >= 15 is 0 Å². The number of methoxy groups -OCH3 is 1. The molecule has 170 valence electrons. The lowest BCUT2D eigenvalue weighted by Crippen LogP contribution is -2.54. The largest absolute Gasteiger partial charge is 0.495 e. The molecule has 33 heavy (non-hydrogen) atoms. The van der Waals surface area contributed by atoms with Gasteiger partial charge in [-0.15, -0.1) is 10.2 Å². The quantitative estimate of drug-likeness (QED) is 0.568. The van der Waals surface area contributed by atoms with E-state index in [2.05, 4.69) is 26.5 Å². The Morgan fingerprint density at radius 3 is 2.64 bits per heavy atom. The Balaban J connectivity index is 1.50. The Morgan fingerprint density at radius 2 is 1.94 bits per heavy atom. The second-order valence-corrected chi connectivity index (χ2v) is 9.25. The Labute approximate surface area is 197 Å². The molecule has 2 unspecified atom stereocenters. The minimum atomic E-state index is -0.252. The van der Waals surface area contributed by atoms with Crippen molar-refractivity contribution in [2.45, 2.75) is 56.8 Å². The molecule has 2 aromatic carbocycles. The van der Waals surface area contributed by atoms with Gasteiger partial charge in [0.05, 0.1) is 29.9 Å². The first kappa shape index (κ1) is 21.7. The molecule has 2 aliphatic rings. The van der Waals surface area contributed by atoms with Gasteiger partial charge in [0.1, 0.15) is 5.75 Å². The van der Waals surface area contributed by atoms with Crippen molar-refractivity contribution in [3.8, 4) is 11.8 Å². The maximum atomic E-state index is 10.3. The van der Waals surface area contributed by atoms with Crippen molar-refractivity contribution in [1.29, 1.82) is 5.26 Å². The number of piperidine rings is 2. The van der Waals surface area contributed by atoms with Crippen molar-refractivity contribution >= 4 is 34.0 Å². The lowest BCUT2D eigenvalue weighted by Gasteiger charge is -2.48. The topological polar surface area (TPSA) is 94.3 Å². The SMILES string of the molecule is COc1ccc(CNc2nnc(N3C4CCCC3CC(O)C4)c3ccc(C#N)cc23)cc1Cl. The van der Waals surface area contributed by atoms with Gasteiger partial charge in [0, 0.05) is 29.4 Å². The first-order valence-corrected chi connectivity index (χ1v) is 11.7. The van der Waals surface area contributed by atoms with Gasteiger partial charge in [0.25, 0.3) is 0 Å². The van der Waals surface area contributed by atoms with E-state index < -0.39 is 0 Å². The van der Waals surface area contributed by atoms with E-state index in [-0.39, 0.29) is 18.2 Å². The summed E-state index contributed by atoms with van der Waals surface area (Å²) in [5.41, 5.74) is 1.56. The molecule has 0 radical (unpaired) electrons. The third kappa shape index (κ3) is 4.17. The number of aliphatic hydroxyl groups excluding tert-OH is 1. The Kier molecular flexibility index (Phi) is 5.96. The number of benzene rings is 2. The lowest BCUT2D eigenvalue weighted by molar-refractivity contribution is 0.0925. The van der Waals surface area contributed by atoms with Gasteiger partial charge in [-0.3, -0.25) is 0 Å². The molecule has 7 nitrogen and oxygen atoms in total. The lowest BCUT2D eigenvalue weighted by atomic mass is 9.82. The number of anilines is 2. The average Bonchev–Trinajstić information content (AvgIpc) is 2.82. The van der Waals surface area contributed by atoms with Crippen LogP contribution in [0.5, 0.6) is 5.75 Å². The van der Waals surface area contributed by atoms with Gasteiger partial charge in [0.2, 0.25) is 0 Å². The average molecular weight is 464 g/mol. The van der Waals surface area contributed by atoms with Crippen molar-refractivity contribution in [2.24, 2.45) is 0 Å². The van der Waals surface area contributed by atoms with Crippen LogP contribution in [-0.4, -0.2) is 40.6 Å². The standard InChI is InChI=1S/C25H26ClN5O2/c1-33-23-8-6-16(10-22(23)26)14-28-24-21-9-15(13-27)5-7-20(21)25(30-29-24)31-17-3-2-4-18(31)12-19(32)11-17/h5-10,17-19,32H,2-4,11-12,14H2,1H3,(H,28,29). The molecule has 2 bridgehead atoms. The van der Waals surface area contributed by atoms with E-state index in [1.807, 2.05) is 36.4 Å². The van der Waals surface area contributed by atoms with Crippen LogP contribution < -0.4 is 15.0 Å². The molecule has 0 saturated carbocycles. The number of hydrogen-bond acceptors (Lipinski definition) is 7. The molecular formula is C25H26ClN5O2. The molecule has 0 amide bonds. The molecule has 2 fully saturated rings. The summed E-state index contributed by atoms with van der Waals surface area (Å²) in [4.78, 5) is 2.37. The van der Waals surface area contributed by atoms with Crippen molar-refractivity contribution in [3.05, 3.63) is 52.5 Å². The van der Waals surface area contributed by atoms with Gasteiger partial charge in [0.15, 0.2) is 11.6 Å². The van der Waals surface area contributed by atoms with Crippen LogP contribution in [0.15, 0.2) is 36.4 Å². The molecule has 8 heteroatoms. The van der Waals surface area contributed by atoms with Crippen LogP contribution in [0.3, 0.4) is 0 Å². The number of halogens is 1. The molecule has 5 rings (SSSR count). The zero-order valence-electron chi connectivity index (χ0n) is 18.5. The van der Waals surface area contributed by atoms with Crippen LogP contribution in [-0.2, 0) is 6.54 Å². The third-order valence-corrected chi connectivity index (χ3v) is 7.06. The van der Waals surface area contributed by atoms with Crippen molar-refractivity contribution in [3.63, 3.8) is 0 Å². The van der Waals surface area contributed by atoms with Crippen LogP contribution >= 0.6 is 11.6 Å². The van der Waals surface area contributed by atoms with E-state index in [9.17, 15) is 10.4 Å². The van der Waals surface area contributed by atoms with E-state index in [0.717, 1.165) is 47.8 Å². The molecule has 2 atom stereocenters. The minimum Gasteiger partial charge on any atom is -0.495 e. The molecule has 2 aliphatic heterocycles. The number of aromatic nitrogens is 2. The molecule has 0 spiro atoms. The van der Waals surface area contributed by atoms with Crippen LogP contribution in [0, 0.1) is 11.3 Å². The summed E-state index contributed by atoms with van der Waals surface area (Å²) in [6, 6.07) is 14.1. The molecule has 2 N–H and O–H groups in total. The highest BCUT2D eigenvalue weighted by atomic mass is 35.5. The highest BCUT2D eigenvalue weighted by Gasteiger charge is 2.39. The predicted octanol–water partition coefficient (Wildman–Crippen LogP) is 4.66. The first-order valence-electron chi connectivity index (χ1n) is 11.3. The second kappa shape index (κ2) is 9.05. The number of fused-ring (bicyclic) bond motifs is 3. The van der Waals surface area contributed by atoms with E-state index in [1.54, 1.807) is 7.11 Å². The predicted molar refractivity (Wildman–Crippen MR) is 129 cm³/mol. The zero-order valence-corrected chi connectivity index (χ0v) is 19.2. The van der Waals surface area contributed by atoms with Gasteiger partial charge >= 0.3 is 0 Å². The highest BCUT2D eigenvalue weighted by molar-refractivity contribution is 6.32. The monoisotopic (exact) mass is 463 g/mol. The highest BCUT2D eigenvalue weighted by Crippen LogP contribution is 2.40. The number of hydrogen-bond donors (Lipinski definition) is 2. The maximum Gasteiger partial charge on any atom is 0.159 e. The van der Waals surface area contributed by atoms with Crippen LogP contribution in [0.4, 0.5) is 11.6 Å². The van der Waals surface area contributed by atoms with Crippen molar-refractivity contribution < 1.29 is 9.84 Å². The van der Waals surface area contributed by atoms with Gasteiger partial charge in [-0.25, -0.2) is 0 Å². The fourth-order valence-electron chi connectivity index (χ4n) is 5.24. The van der Waals surface area contributed by atoms with Crippen molar-refractivity contribution in [2.75, 3.05) is 17.3 Å². The first-order chi connectivity index (χ1) is 16.1. The summed E-state index contributed by atoms with van der Waals surface area (Å²) in [6.07, 6.45) is 4.53.